The average molecular weight is 280 g/mol. The number of amides is 3. The lowest BCUT2D eigenvalue weighted by atomic mass is 10.3. The Bertz CT molecular complexity index is 562. The lowest BCUT2D eigenvalue weighted by Gasteiger charge is -2.13. The van der Waals surface area contributed by atoms with Crippen molar-refractivity contribution in [1.82, 2.24) is 9.88 Å². The normalized spacial score (nSPS) is 15.4. The van der Waals surface area contributed by atoms with Crippen molar-refractivity contribution in [2.45, 2.75) is 31.9 Å². The Hall–Kier alpha value is -2.51. The molecule has 0 spiro atoms. The van der Waals surface area contributed by atoms with Crippen LogP contribution < -0.4 is 16.8 Å². The van der Waals surface area contributed by atoms with Crippen LogP contribution in [0, 0.1) is 0 Å². The number of urea groups is 1. The summed E-state index contributed by atoms with van der Waals surface area (Å²) in [5.41, 5.74) is 11.2. The molecule has 1 aliphatic carbocycles. The smallest absolute Gasteiger partial charge is 0.355 e. The molecular formula is C12H16N4O4. The summed E-state index contributed by atoms with van der Waals surface area (Å²) < 4.78 is 6.74. The number of hydrogen-bond acceptors (Lipinski definition) is 5. The van der Waals surface area contributed by atoms with Crippen molar-refractivity contribution in [1.29, 1.82) is 0 Å². The fourth-order valence-electron chi connectivity index (χ4n) is 1.82. The first-order valence-electron chi connectivity index (χ1n) is 6.17. The van der Waals surface area contributed by atoms with E-state index in [9.17, 15) is 14.4 Å². The van der Waals surface area contributed by atoms with E-state index in [0.29, 0.717) is 11.4 Å². The van der Waals surface area contributed by atoms with Gasteiger partial charge < -0.3 is 20.8 Å². The van der Waals surface area contributed by atoms with Gasteiger partial charge in [-0.1, -0.05) is 0 Å². The van der Waals surface area contributed by atoms with Crippen LogP contribution in [-0.2, 0) is 9.53 Å². The molecule has 5 N–H and O–H groups in total. The van der Waals surface area contributed by atoms with Crippen LogP contribution in [0.4, 0.5) is 10.5 Å². The highest BCUT2D eigenvalue weighted by molar-refractivity contribution is 5.97. The molecule has 3 amide bonds. The molecule has 2 rings (SSSR count). The summed E-state index contributed by atoms with van der Waals surface area (Å²) >= 11 is 0. The maximum Gasteiger partial charge on any atom is 0.355 e. The molecule has 1 unspecified atom stereocenters. The van der Waals surface area contributed by atoms with Gasteiger partial charge in [0.2, 0.25) is 0 Å². The minimum atomic E-state index is -1.13. The molecule has 1 aromatic rings. The van der Waals surface area contributed by atoms with Gasteiger partial charge in [0.15, 0.2) is 6.10 Å². The second-order valence-corrected chi connectivity index (χ2v) is 4.70. The monoisotopic (exact) mass is 280 g/mol. The number of imide groups is 1. The predicted molar refractivity (Wildman–Crippen MR) is 69.7 cm³/mol. The molecule has 0 bridgehead atoms. The maximum absolute atomic E-state index is 12.0. The first-order valence-corrected chi connectivity index (χ1v) is 6.17. The van der Waals surface area contributed by atoms with Crippen molar-refractivity contribution in [3.05, 3.63) is 18.0 Å². The molecule has 8 heteroatoms. The largest absolute Gasteiger partial charge is 0.448 e. The topological polar surface area (TPSA) is 129 Å². The van der Waals surface area contributed by atoms with Crippen molar-refractivity contribution < 1.29 is 19.1 Å². The van der Waals surface area contributed by atoms with Gasteiger partial charge in [0.05, 0.1) is 5.69 Å². The van der Waals surface area contributed by atoms with Crippen molar-refractivity contribution in [2.75, 3.05) is 5.73 Å². The standard InChI is InChI=1S/C12H16N4O4/c1-6(10(17)15-12(14)19)20-11(18)9-4-7(13)5-16(9)8-2-3-8/h4-6,8H,2-3,13H2,1H3,(H3,14,15,17,19). The molecular weight excluding hydrogens is 264 g/mol. The number of hydrogen-bond donors (Lipinski definition) is 3. The Morgan fingerprint density at radius 3 is 2.65 bits per heavy atom. The van der Waals surface area contributed by atoms with Crippen molar-refractivity contribution >= 4 is 23.6 Å². The molecule has 0 radical (unpaired) electrons. The molecule has 1 saturated carbocycles. The maximum atomic E-state index is 12.0. The van der Waals surface area contributed by atoms with E-state index < -0.39 is 24.0 Å². The van der Waals surface area contributed by atoms with E-state index in [0.717, 1.165) is 12.8 Å². The zero-order valence-electron chi connectivity index (χ0n) is 11.0. The summed E-state index contributed by atoms with van der Waals surface area (Å²) in [4.78, 5) is 34.0. The number of nitrogens with one attached hydrogen (secondary N) is 1. The number of nitrogens with two attached hydrogens (primary N) is 2. The Kier molecular flexibility index (Phi) is 3.64. The van der Waals surface area contributed by atoms with Crippen LogP contribution in [-0.4, -0.2) is 28.6 Å². The van der Waals surface area contributed by atoms with Crippen molar-refractivity contribution in [2.24, 2.45) is 5.73 Å². The highest BCUT2D eigenvalue weighted by Crippen LogP contribution is 2.37. The van der Waals surface area contributed by atoms with Gasteiger partial charge in [-0.3, -0.25) is 10.1 Å². The molecule has 1 aliphatic rings. The van der Waals surface area contributed by atoms with Gasteiger partial charge in [-0.25, -0.2) is 9.59 Å². The predicted octanol–water partition coefficient (Wildman–Crippen LogP) is 0.145. The first kappa shape index (κ1) is 13.9. The van der Waals surface area contributed by atoms with Crippen molar-refractivity contribution in [3.63, 3.8) is 0 Å². The van der Waals surface area contributed by atoms with Crippen LogP contribution in [0.5, 0.6) is 0 Å². The SMILES string of the molecule is CC(OC(=O)c1cc(N)cn1C1CC1)C(=O)NC(N)=O. The summed E-state index contributed by atoms with van der Waals surface area (Å²) in [6.45, 7) is 1.35. The molecule has 1 atom stereocenters. The van der Waals surface area contributed by atoms with E-state index in [1.165, 1.54) is 13.0 Å². The molecule has 1 heterocycles. The molecule has 1 fully saturated rings. The van der Waals surface area contributed by atoms with E-state index in [2.05, 4.69) is 0 Å². The van der Waals surface area contributed by atoms with Gasteiger partial charge in [0.1, 0.15) is 5.69 Å². The van der Waals surface area contributed by atoms with Crippen LogP contribution in [0.2, 0.25) is 0 Å². The van der Waals surface area contributed by atoms with Gasteiger partial charge in [-0.15, -0.1) is 0 Å². The Morgan fingerprint density at radius 2 is 2.10 bits per heavy atom. The summed E-state index contributed by atoms with van der Waals surface area (Å²) in [5, 5.41) is 1.85. The van der Waals surface area contributed by atoms with Crippen LogP contribution in [0.3, 0.4) is 0 Å². The Labute approximate surface area is 115 Å². The van der Waals surface area contributed by atoms with Crippen LogP contribution in [0.25, 0.3) is 0 Å². The third-order valence-corrected chi connectivity index (χ3v) is 2.92. The number of carbonyl (C=O) groups excluding carboxylic acids is 3. The minimum absolute atomic E-state index is 0.254. The van der Waals surface area contributed by atoms with E-state index in [1.54, 1.807) is 10.8 Å². The van der Waals surface area contributed by atoms with Gasteiger partial charge in [0, 0.05) is 12.2 Å². The van der Waals surface area contributed by atoms with Gasteiger partial charge in [-0.05, 0) is 25.8 Å². The Balaban J connectivity index is 2.04. The molecule has 0 aromatic carbocycles. The summed E-state index contributed by atoms with van der Waals surface area (Å²) in [6.07, 6.45) is 2.50. The third kappa shape index (κ3) is 3.08. The van der Waals surface area contributed by atoms with E-state index in [4.69, 9.17) is 16.2 Å². The van der Waals surface area contributed by atoms with E-state index in [1.807, 2.05) is 5.32 Å². The zero-order valence-corrected chi connectivity index (χ0v) is 11.0. The fourth-order valence-corrected chi connectivity index (χ4v) is 1.82. The number of rotatable bonds is 4. The average Bonchev–Trinajstić information content (AvgIpc) is 3.11. The summed E-state index contributed by atoms with van der Waals surface area (Å²) in [6, 6.07) is 0.757. The third-order valence-electron chi connectivity index (χ3n) is 2.92. The number of ether oxygens (including phenoxy) is 1. The van der Waals surface area contributed by atoms with Crippen LogP contribution in [0.1, 0.15) is 36.3 Å². The van der Waals surface area contributed by atoms with Gasteiger partial charge in [-0.2, -0.15) is 0 Å². The minimum Gasteiger partial charge on any atom is -0.448 e. The second kappa shape index (κ2) is 5.24. The van der Waals surface area contributed by atoms with Gasteiger partial charge in [0.25, 0.3) is 5.91 Å². The van der Waals surface area contributed by atoms with Crippen LogP contribution >= 0.6 is 0 Å². The van der Waals surface area contributed by atoms with Gasteiger partial charge >= 0.3 is 12.0 Å². The number of primary amides is 1. The van der Waals surface area contributed by atoms with Crippen molar-refractivity contribution in [3.8, 4) is 0 Å². The number of aromatic nitrogens is 1. The molecule has 0 aliphatic heterocycles. The highest BCUT2D eigenvalue weighted by Gasteiger charge is 2.29. The summed E-state index contributed by atoms with van der Waals surface area (Å²) in [7, 11) is 0. The van der Waals surface area contributed by atoms with E-state index >= 15 is 0 Å². The van der Waals surface area contributed by atoms with Crippen LogP contribution in [0.15, 0.2) is 12.3 Å². The Morgan fingerprint density at radius 1 is 1.45 bits per heavy atom. The molecule has 0 saturated heterocycles. The fraction of sp³-hybridized carbons (Fsp3) is 0.417. The lowest BCUT2D eigenvalue weighted by Crippen LogP contribution is -2.42. The molecule has 8 nitrogen and oxygen atoms in total. The molecule has 20 heavy (non-hydrogen) atoms. The highest BCUT2D eigenvalue weighted by atomic mass is 16.5. The summed E-state index contributed by atoms with van der Waals surface area (Å²) in [5.74, 6) is -1.44. The second-order valence-electron chi connectivity index (χ2n) is 4.70. The number of anilines is 1. The first-order chi connectivity index (χ1) is 9.38. The lowest BCUT2D eigenvalue weighted by molar-refractivity contribution is -0.127. The zero-order chi connectivity index (χ0) is 14.9. The molecule has 1 aromatic heterocycles. The quantitative estimate of drug-likeness (QED) is 0.676. The van der Waals surface area contributed by atoms with E-state index in [-0.39, 0.29) is 6.04 Å². The number of esters is 1. The molecule has 108 valence electrons. The number of carbonyl (C=O) groups is 3. The number of nitrogens with zero attached hydrogens (tertiary/aromatic N) is 1. The number of nitrogen functional groups attached to an aromatic ring is 1.